The maximum Gasteiger partial charge on any atom is 0.246 e. The van der Waals surface area contributed by atoms with Crippen molar-refractivity contribution < 1.29 is 4.79 Å². The molecule has 0 fully saturated rings. The van der Waals surface area contributed by atoms with Crippen LogP contribution in [0.3, 0.4) is 0 Å². The first-order chi connectivity index (χ1) is 9.58. The minimum atomic E-state index is -0.154. The van der Waals surface area contributed by atoms with Crippen LogP contribution in [-0.4, -0.2) is 16.2 Å². The topological polar surface area (TPSA) is 46.4 Å². The van der Waals surface area contributed by atoms with Gasteiger partial charge in [0.15, 0.2) is 0 Å². The number of halogens is 1. The Morgan fingerprint density at radius 2 is 2.05 bits per heavy atom. The normalized spacial score (nSPS) is 11.4. The predicted octanol–water partition coefficient (Wildman–Crippen LogP) is 2.76. The lowest BCUT2D eigenvalue weighted by Gasteiger charge is -2.05. The number of aryl methyl sites for hydroxylation is 1. The van der Waals surface area contributed by atoms with E-state index >= 15 is 0 Å². The minimum absolute atomic E-state index is 0.154. The van der Waals surface area contributed by atoms with E-state index in [0.717, 1.165) is 11.3 Å². The second-order valence-corrected chi connectivity index (χ2v) is 4.91. The van der Waals surface area contributed by atoms with Crippen LogP contribution in [0.25, 0.3) is 0 Å². The summed E-state index contributed by atoms with van der Waals surface area (Å²) in [4.78, 5) is 11.8. The van der Waals surface area contributed by atoms with Gasteiger partial charge in [0.2, 0.25) is 5.91 Å². The molecule has 0 radical (unpaired) electrons. The molecule has 0 saturated carbocycles. The van der Waals surface area contributed by atoms with Crippen LogP contribution in [0.2, 0.25) is 5.02 Å². The summed E-state index contributed by atoms with van der Waals surface area (Å²) in [6.45, 7) is 1.81. The molecular formula is C15H16ClN3O. The van der Waals surface area contributed by atoms with Gasteiger partial charge in [-0.25, -0.2) is 5.43 Å². The molecular weight excluding hydrogens is 274 g/mol. The molecule has 0 bridgehead atoms. The Morgan fingerprint density at radius 1 is 1.30 bits per heavy atom. The van der Waals surface area contributed by atoms with Crippen molar-refractivity contribution in [3.63, 3.8) is 0 Å². The van der Waals surface area contributed by atoms with Crippen molar-refractivity contribution >= 4 is 23.2 Å². The Hall–Kier alpha value is -2.07. The summed E-state index contributed by atoms with van der Waals surface area (Å²) in [6.07, 6.45) is 2.20. The van der Waals surface area contributed by atoms with Crippen LogP contribution in [0.15, 0.2) is 47.7 Å². The molecule has 20 heavy (non-hydrogen) atoms. The van der Waals surface area contributed by atoms with Crippen LogP contribution in [0.5, 0.6) is 0 Å². The van der Waals surface area contributed by atoms with Gasteiger partial charge in [0, 0.05) is 29.5 Å². The SMILES string of the molecule is CC(=NNC(=O)Cc1cccn1C)c1ccccc1Cl. The summed E-state index contributed by atoms with van der Waals surface area (Å²) in [5.74, 6) is -0.154. The lowest BCUT2D eigenvalue weighted by Crippen LogP contribution is -2.22. The number of amides is 1. The third-order valence-corrected chi connectivity index (χ3v) is 3.33. The van der Waals surface area contributed by atoms with Crippen LogP contribution in [-0.2, 0) is 18.3 Å². The number of carbonyl (C=O) groups is 1. The first-order valence-electron chi connectivity index (χ1n) is 6.26. The highest BCUT2D eigenvalue weighted by atomic mass is 35.5. The van der Waals surface area contributed by atoms with E-state index < -0.39 is 0 Å². The number of rotatable bonds is 4. The number of hydrazone groups is 1. The van der Waals surface area contributed by atoms with E-state index in [2.05, 4.69) is 10.5 Å². The van der Waals surface area contributed by atoms with E-state index in [9.17, 15) is 4.79 Å². The van der Waals surface area contributed by atoms with Crippen molar-refractivity contribution in [1.82, 2.24) is 9.99 Å². The first-order valence-corrected chi connectivity index (χ1v) is 6.64. The van der Waals surface area contributed by atoms with Gasteiger partial charge >= 0.3 is 0 Å². The second-order valence-electron chi connectivity index (χ2n) is 4.50. The lowest BCUT2D eigenvalue weighted by atomic mass is 10.1. The molecule has 1 N–H and O–H groups in total. The summed E-state index contributed by atoms with van der Waals surface area (Å²) < 4.78 is 1.91. The second kappa shape index (κ2) is 6.39. The van der Waals surface area contributed by atoms with E-state index in [4.69, 9.17) is 11.6 Å². The maximum atomic E-state index is 11.8. The molecule has 1 heterocycles. The summed E-state index contributed by atoms with van der Waals surface area (Å²) in [7, 11) is 1.90. The highest BCUT2D eigenvalue weighted by Gasteiger charge is 2.06. The molecule has 0 aliphatic heterocycles. The molecule has 0 aliphatic rings. The number of aromatic nitrogens is 1. The standard InChI is InChI=1S/C15H16ClN3O/c1-11(13-7-3-4-8-14(13)16)17-18-15(20)10-12-6-5-9-19(12)2/h3-9H,10H2,1-2H3,(H,18,20). The molecule has 0 atom stereocenters. The van der Waals surface area contributed by atoms with E-state index in [0.29, 0.717) is 17.2 Å². The fraction of sp³-hybridized carbons (Fsp3) is 0.200. The molecule has 5 heteroatoms. The zero-order valence-electron chi connectivity index (χ0n) is 11.4. The first kappa shape index (κ1) is 14.3. The van der Waals surface area contributed by atoms with Crippen LogP contribution in [0, 0.1) is 0 Å². The van der Waals surface area contributed by atoms with Gasteiger partial charge in [-0.2, -0.15) is 5.10 Å². The third-order valence-electron chi connectivity index (χ3n) is 3.00. The highest BCUT2D eigenvalue weighted by Crippen LogP contribution is 2.15. The number of hydrogen-bond acceptors (Lipinski definition) is 2. The average molecular weight is 290 g/mol. The molecule has 0 aliphatic carbocycles. The van der Waals surface area contributed by atoms with Gasteiger partial charge in [0.1, 0.15) is 0 Å². The van der Waals surface area contributed by atoms with Crippen LogP contribution in [0.4, 0.5) is 0 Å². The Morgan fingerprint density at radius 3 is 2.70 bits per heavy atom. The number of nitrogens with zero attached hydrogens (tertiary/aromatic N) is 2. The van der Waals surface area contributed by atoms with E-state index in [-0.39, 0.29) is 5.91 Å². The van der Waals surface area contributed by atoms with E-state index in [1.54, 1.807) is 6.07 Å². The van der Waals surface area contributed by atoms with Crippen molar-refractivity contribution in [2.24, 2.45) is 12.1 Å². The van der Waals surface area contributed by atoms with Crippen molar-refractivity contribution in [2.45, 2.75) is 13.3 Å². The van der Waals surface area contributed by atoms with Crippen LogP contribution >= 0.6 is 11.6 Å². The number of benzene rings is 1. The smallest absolute Gasteiger partial charge is 0.246 e. The summed E-state index contributed by atoms with van der Waals surface area (Å²) in [5, 5.41) is 4.70. The predicted molar refractivity (Wildman–Crippen MR) is 80.9 cm³/mol. The molecule has 1 amide bonds. The minimum Gasteiger partial charge on any atom is -0.354 e. The summed E-state index contributed by atoms with van der Waals surface area (Å²) >= 11 is 6.07. The Balaban J connectivity index is 2.00. The van der Waals surface area contributed by atoms with Crippen LogP contribution < -0.4 is 5.43 Å². The van der Waals surface area contributed by atoms with Crippen molar-refractivity contribution in [1.29, 1.82) is 0 Å². The van der Waals surface area contributed by atoms with Crippen molar-refractivity contribution in [2.75, 3.05) is 0 Å². The van der Waals surface area contributed by atoms with Gasteiger partial charge in [-0.3, -0.25) is 4.79 Å². The van der Waals surface area contributed by atoms with Gasteiger partial charge in [0.05, 0.1) is 12.1 Å². The molecule has 0 saturated heterocycles. The van der Waals surface area contributed by atoms with E-state index in [1.165, 1.54) is 0 Å². The fourth-order valence-electron chi connectivity index (χ4n) is 1.85. The summed E-state index contributed by atoms with van der Waals surface area (Å²) in [5.41, 5.74) is 4.98. The summed E-state index contributed by atoms with van der Waals surface area (Å²) in [6, 6.07) is 11.2. The van der Waals surface area contributed by atoms with Gasteiger partial charge in [-0.05, 0) is 25.1 Å². The monoisotopic (exact) mass is 289 g/mol. The van der Waals surface area contributed by atoms with Gasteiger partial charge in [0.25, 0.3) is 0 Å². The fourth-order valence-corrected chi connectivity index (χ4v) is 2.12. The van der Waals surface area contributed by atoms with Crippen molar-refractivity contribution in [3.8, 4) is 0 Å². The quantitative estimate of drug-likeness (QED) is 0.683. The molecule has 2 aromatic rings. The number of hydrogen-bond donors (Lipinski definition) is 1. The highest BCUT2D eigenvalue weighted by molar-refractivity contribution is 6.34. The number of carbonyl (C=O) groups excluding carboxylic acids is 1. The number of nitrogens with one attached hydrogen (secondary N) is 1. The Kier molecular flexibility index (Phi) is 4.58. The zero-order chi connectivity index (χ0) is 14.5. The largest absolute Gasteiger partial charge is 0.354 e. The molecule has 0 spiro atoms. The van der Waals surface area contributed by atoms with Gasteiger partial charge < -0.3 is 4.57 Å². The lowest BCUT2D eigenvalue weighted by molar-refractivity contribution is -0.120. The van der Waals surface area contributed by atoms with Gasteiger partial charge in [-0.15, -0.1) is 0 Å². The molecule has 1 aromatic carbocycles. The third kappa shape index (κ3) is 3.48. The molecule has 2 rings (SSSR count). The Bertz CT molecular complexity index is 646. The van der Waals surface area contributed by atoms with E-state index in [1.807, 2.05) is 55.1 Å². The van der Waals surface area contributed by atoms with Crippen molar-refractivity contribution in [3.05, 3.63) is 58.9 Å². The Labute approximate surface area is 123 Å². The molecule has 0 unspecified atom stereocenters. The van der Waals surface area contributed by atoms with Crippen LogP contribution in [0.1, 0.15) is 18.2 Å². The molecule has 1 aromatic heterocycles. The molecule has 104 valence electrons. The zero-order valence-corrected chi connectivity index (χ0v) is 12.2. The molecule has 4 nitrogen and oxygen atoms in total. The van der Waals surface area contributed by atoms with Gasteiger partial charge in [-0.1, -0.05) is 29.8 Å². The average Bonchev–Trinajstić information content (AvgIpc) is 2.82. The maximum absolute atomic E-state index is 11.8.